The molecule has 1 aromatic rings. The second-order valence-electron chi connectivity index (χ2n) is 3.60. The molecule has 0 spiro atoms. The van der Waals surface area contributed by atoms with Crippen molar-refractivity contribution in [2.45, 2.75) is 17.9 Å². The van der Waals surface area contributed by atoms with E-state index in [1.807, 2.05) is 0 Å². The number of carboxylic acid groups (broad SMARTS) is 1. The van der Waals surface area contributed by atoms with Crippen molar-refractivity contribution in [2.24, 2.45) is 0 Å². The second kappa shape index (κ2) is 5.42. The Bertz CT molecular complexity index is 557. The van der Waals surface area contributed by atoms with Crippen LogP contribution in [0.5, 0.6) is 0 Å². The summed E-state index contributed by atoms with van der Waals surface area (Å²) in [5.74, 6) is -2.27. The molecule has 3 N–H and O–H groups in total. The summed E-state index contributed by atoms with van der Waals surface area (Å²) in [6, 6.07) is 1.47. The van der Waals surface area contributed by atoms with E-state index in [2.05, 4.69) is 0 Å². The predicted molar refractivity (Wildman–Crippen MR) is 60.0 cm³/mol. The third-order valence-electron chi connectivity index (χ3n) is 2.22. The van der Waals surface area contributed by atoms with Crippen molar-refractivity contribution in [3.05, 3.63) is 29.6 Å². The van der Waals surface area contributed by atoms with Gasteiger partial charge in [-0.3, -0.25) is 4.79 Å². The Morgan fingerprint density at radius 2 is 2.11 bits per heavy atom. The van der Waals surface area contributed by atoms with Crippen LogP contribution in [0.25, 0.3) is 0 Å². The molecule has 0 aromatic heterocycles. The Hall–Kier alpha value is -1.51. The molecule has 0 saturated heterocycles. The largest absolute Gasteiger partial charge is 0.480 e. The van der Waals surface area contributed by atoms with Crippen LogP contribution in [0.2, 0.25) is 0 Å². The van der Waals surface area contributed by atoms with Crippen LogP contribution in [-0.4, -0.2) is 37.2 Å². The molecule has 0 aliphatic rings. The fourth-order valence-electron chi connectivity index (χ4n) is 1.28. The number of halogens is 1. The number of nitrogens with one attached hydrogen (secondary N) is 1. The van der Waals surface area contributed by atoms with Gasteiger partial charge in [0.2, 0.25) is 10.0 Å². The van der Waals surface area contributed by atoms with Crippen LogP contribution in [0.4, 0.5) is 4.39 Å². The standard InChI is InChI=1S/C10H12FNO5S/c1-6-2-3-7(11)4-9(6)18(16,17)12-8(5-13)10(14)15/h2-4,8,12-13H,5H2,1H3,(H,14,15)/t8-/m0/s1. The maximum absolute atomic E-state index is 13.0. The fraction of sp³-hybridized carbons (Fsp3) is 0.300. The summed E-state index contributed by atoms with van der Waals surface area (Å²) in [4.78, 5) is 10.3. The van der Waals surface area contributed by atoms with Gasteiger partial charge in [0, 0.05) is 0 Å². The summed E-state index contributed by atoms with van der Waals surface area (Å²) in [7, 11) is -4.20. The molecule has 1 aromatic carbocycles. The van der Waals surface area contributed by atoms with E-state index < -0.39 is 34.5 Å². The van der Waals surface area contributed by atoms with Crippen LogP contribution in [0.1, 0.15) is 5.56 Å². The van der Waals surface area contributed by atoms with Crippen LogP contribution in [0.3, 0.4) is 0 Å². The number of aliphatic hydroxyl groups is 1. The number of aliphatic hydroxyl groups excluding tert-OH is 1. The van der Waals surface area contributed by atoms with Gasteiger partial charge in [-0.25, -0.2) is 12.8 Å². The Kier molecular flexibility index (Phi) is 4.38. The topological polar surface area (TPSA) is 104 Å². The minimum Gasteiger partial charge on any atom is -0.480 e. The van der Waals surface area contributed by atoms with Gasteiger partial charge in [0.1, 0.15) is 11.9 Å². The lowest BCUT2D eigenvalue weighted by atomic mass is 10.2. The smallest absolute Gasteiger partial charge is 0.324 e. The van der Waals surface area contributed by atoms with Crippen LogP contribution in [-0.2, 0) is 14.8 Å². The first-order chi connectivity index (χ1) is 8.27. The highest BCUT2D eigenvalue weighted by Crippen LogP contribution is 2.16. The summed E-state index contributed by atoms with van der Waals surface area (Å²) in [6.45, 7) is 0.547. The minimum absolute atomic E-state index is 0.269. The molecule has 0 aliphatic carbocycles. The molecule has 0 amide bonds. The number of hydrogen-bond donors (Lipinski definition) is 3. The molecule has 0 heterocycles. The lowest BCUT2D eigenvalue weighted by Gasteiger charge is -2.13. The average molecular weight is 277 g/mol. The molecular formula is C10H12FNO5S. The zero-order valence-electron chi connectivity index (χ0n) is 9.42. The molecule has 0 unspecified atom stereocenters. The highest BCUT2D eigenvalue weighted by molar-refractivity contribution is 7.89. The lowest BCUT2D eigenvalue weighted by Crippen LogP contribution is -2.43. The average Bonchev–Trinajstić information content (AvgIpc) is 2.28. The summed E-state index contributed by atoms with van der Waals surface area (Å²) >= 11 is 0. The Labute approximate surface area is 103 Å². The number of hydrogen-bond acceptors (Lipinski definition) is 4. The zero-order chi connectivity index (χ0) is 13.9. The van der Waals surface area contributed by atoms with E-state index in [9.17, 15) is 17.6 Å². The Balaban J connectivity index is 3.14. The van der Waals surface area contributed by atoms with Crippen molar-refractivity contribution >= 4 is 16.0 Å². The van der Waals surface area contributed by atoms with Gasteiger partial charge in [0.15, 0.2) is 0 Å². The van der Waals surface area contributed by atoms with Gasteiger partial charge in [-0.05, 0) is 24.6 Å². The number of aryl methyl sites for hydroxylation is 1. The van der Waals surface area contributed by atoms with Crippen LogP contribution in [0.15, 0.2) is 23.1 Å². The van der Waals surface area contributed by atoms with E-state index in [0.29, 0.717) is 0 Å². The SMILES string of the molecule is Cc1ccc(F)cc1S(=O)(=O)N[C@@H](CO)C(=O)O. The van der Waals surface area contributed by atoms with Crippen LogP contribution in [0, 0.1) is 12.7 Å². The van der Waals surface area contributed by atoms with E-state index >= 15 is 0 Å². The van der Waals surface area contributed by atoms with Crippen molar-refractivity contribution in [1.82, 2.24) is 4.72 Å². The maximum Gasteiger partial charge on any atom is 0.324 e. The van der Waals surface area contributed by atoms with Crippen molar-refractivity contribution < 1.29 is 27.8 Å². The molecule has 0 aliphatic heterocycles. The van der Waals surface area contributed by atoms with E-state index in [1.54, 1.807) is 4.72 Å². The van der Waals surface area contributed by atoms with Crippen molar-refractivity contribution in [2.75, 3.05) is 6.61 Å². The summed E-state index contributed by atoms with van der Waals surface area (Å²) in [5.41, 5.74) is 0.269. The number of carboxylic acids is 1. The van der Waals surface area contributed by atoms with E-state index in [-0.39, 0.29) is 10.5 Å². The number of benzene rings is 1. The Morgan fingerprint density at radius 1 is 1.50 bits per heavy atom. The molecule has 0 fully saturated rings. The van der Waals surface area contributed by atoms with Gasteiger partial charge < -0.3 is 10.2 Å². The highest BCUT2D eigenvalue weighted by Gasteiger charge is 2.26. The van der Waals surface area contributed by atoms with Gasteiger partial charge in [0.25, 0.3) is 0 Å². The van der Waals surface area contributed by atoms with Crippen LogP contribution >= 0.6 is 0 Å². The summed E-state index contributed by atoms with van der Waals surface area (Å²) in [5, 5.41) is 17.4. The molecule has 1 rings (SSSR count). The van der Waals surface area contributed by atoms with Crippen molar-refractivity contribution in [3.63, 3.8) is 0 Å². The molecule has 6 nitrogen and oxygen atoms in total. The molecule has 18 heavy (non-hydrogen) atoms. The van der Waals surface area contributed by atoms with Gasteiger partial charge in [-0.1, -0.05) is 6.07 Å². The molecular weight excluding hydrogens is 265 g/mol. The first kappa shape index (κ1) is 14.6. The van der Waals surface area contributed by atoms with E-state index in [1.165, 1.54) is 13.0 Å². The lowest BCUT2D eigenvalue weighted by molar-refractivity contribution is -0.139. The highest BCUT2D eigenvalue weighted by atomic mass is 32.2. The van der Waals surface area contributed by atoms with E-state index in [0.717, 1.165) is 12.1 Å². The van der Waals surface area contributed by atoms with Gasteiger partial charge in [-0.15, -0.1) is 0 Å². The number of rotatable bonds is 5. The zero-order valence-corrected chi connectivity index (χ0v) is 10.2. The van der Waals surface area contributed by atoms with Gasteiger partial charge >= 0.3 is 5.97 Å². The monoisotopic (exact) mass is 277 g/mol. The Morgan fingerprint density at radius 3 is 2.61 bits per heavy atom. The number of carbonyl (C=O) groups is 1. The molecule has 100 valence electrons. The summed E-state index contributed by atoms with van der Waals surface area (Å²) < 4.78 is 38.4. The third-order valence-corrected chi connectivity index (χ3v) is 3.83. The normalized spacial score (nSPS) is 13.3. The maximum atomic E-state index is 13.0. The van der Waals surface area contributed by atoms with Gasteiger partial charge in [-0.2, -0.15) is 4.72 Å². The quantitative estimate of drug-likeness (QED) is 0.695. The molecule has 0 saturated carbocycles. The molecule has 8 heteroatoms. The minimum atomic E-state index is -4.20. The molecule has 1 atom stereocenters. The molecule has 0 radical (unpaired) electrons. The molecule has 0 bridgehead atoms. The van der Waals surface area contributed by atoms with Gasteiger partial charge in [0.05, 0.1) is 11.5 Å². The summed E-state index contributed by atoms with van der Waals surface area (Å²) in [6.07, 6.45) is 0. The predicted octanol–water partition coefficient (Wildman–Crippen LogP) is -0.142. The van der Waals surface area contributed by atoms with Crippen LogP contribution < -0.4 is 4.72 Å². The fourth-order valence-corrected chi connectivity index (χ4v) is 2.72. The van der Waals surface area contributed by atoms with E-state index in [4.69, 9.17) is 10.2 Å². The number of aliphatic carboxylic acids is 1. The first-order valence-electron chi connectivity index (χ1n) is 4.90. The van der Waals surface area contributed by atoms with Crippen molar-refractivity contribution in [1.29, 1.82) is 0 Å². The van der Waals surface area contributed by atoms with Crippen molar-refractivity contribution in [3.8, 4) is 0 Å². The first-order valence-corrected chi connectivity index (χ1v) is 6.38. The number of sulfonamides is 1. The third kappa shape index (κ3) is 3.25. The second-order valence-corrected chi connectivity index (χ2v) is 5.29.